The molecule has 0 aliphatic rings. The van der Waals surface area contributed by atoms with Crippen LogP contribution in [0, 0.1) is 10.1 Å². The number of furan rings is 1. The van der Waals surface area contributed by atoms with Crippen LogP contribution in [0.1, 0.15) is 31.1 Å². The topological polar surface area (TPSA) is 85.9 Å². The minimum Gasteiger partial charge on any atom is -0.400 e. The van der Waals surface area contributed by atoms with Gasteiger partial charge in [-0.1, -0.05) is 60.1 Å². The zero-order valence-electron chi connectivity index (χ0n) is 17.3. The number of aromatic nitrogens is 1. The van der Waals surface area contributed by atoms with Gasteiger partial charge in [0.15, 0.2) is 5.76 Å². The van der Waals surface area contributed by atoms with Gasteiger partial charge in [-0.25, -0.2) is 9.67 Å². The van der Waals surface area contributed by atoms with Crippen molar-refractivity contribution >= 4 is 45.1 Å². The van der Waals surface area contributed by atoms with Gasteiger partial charge in [-0.05, 0) is 35.7 Å². The molecule has 0 aliphatic heterocycles. The van der Waals surface area contributed by atoms with E-state index >= 15 is 0 Å². The van der Waals surface area contributed by atoms with Crippen LogP contribution in [0.2, 0.25) is 0 Å². The lowest BCUT2D eigenvalue weighted by Gasteiger charge is -2.06. The third kappa shape index (κ3) is 4.79. The molecule has 0 unspecified atom stereocenters. The molecule has 0 fully saturated rings. The van der Waals surface area contributed by atoms with E-state index in [-0.39, 0.29) is 11.6 Å². The Morgan fingerprint density at radius 2 is 1.88 bits per heavy atom. The molecule has 7 nitrogen and oxygen atoms in total. The largest absolute Gasteiger partial charge is 0.433 e. The van der Waals surface area contributed by atoms with E-state index in [4.69, 9.17) is 9.41 Å². The van der Waals surface area contributed by atoms with Crippen LogP contribution in [-0.2, 0) is 0 Å². The predicted octanol–water partition coefficient (Wildman–Crippen LogP) is 6.72. The van der Waals surface area contributed by atoms with Crippen molar-refractivity contribution < 1.29 is 9.34 Å². The van der Waals surface area contributed by atoms with Crippen molar-refractivity contribution in [3.63, 3.8) is 0 Å². The van der Waals surface area contributed by atoms with Crippen LogP contribution in [0.15, 0.2) is 85.0 Å². The van der Waals surface area contributed by atoms with E-state index in [1.165, 1.54) is 35.2 Å². The molecule has 0 saturated heterocycles. The zero-order chi connectivity index (χ0) is 22.7. The summed E-state index contributed by atoms with van der Waals surface area (Å²) in [6, 6.07) is 18.7. The minimum atomic E-state index is -0.580. The van der Waals surface area contributed by atoms with Crippen molar-refractivity contribution in [2.45, 2.75) is 19.8 Å². The fourth-order valence-electron chi connectivity index (χ4n) is 3.01. The van der Waals surface area contributed by atoms with Crippen molar-refractivity contribution in [2.75, 3.05) is 0 Å². The lowest BCUT2D eigenvalue weighted by atomic mass is 10.0. The molecule has 9 heteroatoms. The van der Waals surface area contributed by atoms with Crippen LogP contribution in [-0.4, -0.2) is 15.8 Å². The Balaban J connectivity index is 1.80. The summed E-state index contributed by atoms with van der Waals surface area (Å²) in [5.41, 5.74) is 3.84. The lowest BCUT2D eigenvalue weighted by Crippen LogP contribution is -2.11. The molecule has 0 N–H and O–H groups in total. The summed E-state index contributed by atoms with van der Waals surface area (Å²) in [6.45, 7) is 4.30. The summed E-state index contributed by atoms with van der Waals surface area (Å²) >= 11 is 5.05. The second-order valence-corrected chi connectivity index (χ2v) is 8.92. The van der Waals surface area contributed by atoms with E-state index in [0.29, 0.717) is 10.7 Å². The van der Waals surface area contributed by atoms with Gasteiger partial charge in [0.1, 0.15) is 4.92 Å². The van der Waals surface area contributed by atoms with Crippen LogP contribution in [0.3, 0.4) is 0 Å². The number of nitrogens with zero attached hydrogens (tertiary/aromatic N) is 4. The van der Waals surface area contributed by atoms with Crippen LogP contribution >= 0.6 is 27.3 Å². The van der Waals surface area contributed by atoms with E-state index in [1.54, 1.807) is 4.68 Å². The summed E-state index contributed by atoms with van der Waals surface area (Å²) in [5.74, 6) is 0.392. The summed E-state index contributed by atoms with van der Waals surface area (Å²) < 4.78 is 7.83. The average molecular weight is 511 g/mol. The first-order valence-electron chi connectivity index (χ1n) is 9.81. The summed E-state index contributed by atoms with van der Waals surface area (Å²) in [7, 11) is 0. The van der Waals surface area contributed by atoms with E-state index < -0.39 is 4.92 Å². The molecule has 32 heavy (non-hydrogen) atoms. The van der Waals surface area contributed by atoms with E-state index in [2.05, 4.69) is 47.0 Å². The number of halogens is 1. The maximum Gasteiger partial charge on any atom is 0.433 e. The molecule has 4 rings (SSSR count). The number of nitro groups is 1. The molecule has 2 heterocycles. The Kier molecular flexibility index (Phi) is 6.48. The molecule has 0 bridgehead atoms. The van der Waals surface area contributed by atoms with Gasteiger partial charge in [-0.2, -0.15) is 5.10 Å². The Bertz CT molecular complexity index is 1350. The molecule has 0 saturated carbocycles. The molecule has 4 aromatic rings. The van der Waals surface area contributed by atoms with Gasteiger partial charge >= 0.3 is 5.88 Å². The molecule has 162 valence electrons. The van der Waals surface area contributed by atoms with Gasteiger partial charge in [0.2, 0.25) is 4.80 Å². The molecular weight excluding hydrogens is 492 g/mol. The smallest absolute Gasteiger partial charge is 0.400 e. The lowest BCUT2D eigenvalue weighted by molar-refractivity contribution is -0.402. The van der Waals surface area contributed by atoms with Crippen LogP contribution in [0.5, 0.6) is 0 Å². The fourth-order valence-corrected chi connectivity index (χ4v) is 4.35. The van der Waals surface area contributed by atoms with Gasteiger partial charge in [-0.15, -0.1) is 11.3 Å². The van der Waals surface area contributed by atoms with E-state index in [1.807, 2.05) is 41.8 Å². The van der Waals surface area contributed by atoms with Gasteiger partial charge in [-0.3, -0.25) is 10.1 Å². The van der Waals surface area contributed by atoms with Gasteiger partial charge in [0, 0.05) is 15.4 Å². The molecule has 0 aliphatic carbocycles. The molecule has 0 amide bonds. The van der Waals surface area contributed by atoms with Gasteiger partial charge in [0.05, 0.1) is 23.7 Å². The van der Waals surface area contributed by atoms with E-state index in [9.17, 15) is 10.1 Å². The average Bonchev–Trinajstić information content (AvgIpc) is 3.40. The van der Waals surface area contributed by atoms with Crippen LogP contribution < -0.4 is 4.80 Å². The maximum absolute atomic E-state index is 10.9. The van der Waals surface area contributed by atoms with Crippen molar-refractivity contribution in [1.29, 1.82) is 0 Å². The van der Waals surface area contributed by atoms with Gasteiger partial charge in [0.25, 0.3) is 0 Å². The Hall–Kier alpha value is -3.30. The normalized spacial score (nSPS) is 12.2. The van der Waals surface area contributed by atoms with Crippen molar-refractivity contribution in [2.24, 2.45) is 10.1 Å². The number of thiazole rings is 1. The van der Waals surface area contributed by atoms with Crippen LogP contribution in [0.25, 0.3) is 11.3 Å². The maximum atomic E-state index is 10.9. The molecule has 0 spiro atoms. The third-order valence-electron chi connectivity index (χ3n) is 4.71. The quantitative estimate of drug-likeness (QED) is 0.164. The summed E-state index contributed by atoms with van der Waals surface area (Å²) in [5, 5.41) is 17.4. The number of hydrogen-bond donors (Lipinski definition) is 0. The second-order valence-electron chi connectivity index (χ2n) is 7.23. The Morgan fingerprint density at radius 3 is 2.53 bits per heavy atom. The molecule has 0 atom stereocenters. The SMILES string of the molecule is CC(C)c1ccc(N=c2scc(-c3ccccc3Br)n2N=Cc2ccc([N+](=O)[O-])o2)cc1. The van der Waals surface area contributed by atoms with E-state index in [0.717, 1.165) is 21.4 Å². The summed E-state index contributed by atoms with van der Waals surface area (Å²) in [6.07, 6.45) is 1.45. The fraction of sp³-hybridized carbons (Fsp3) is 0.130. The molecular formula is C23H19BrN4O3S. The van der Waals surface area contributed by atoms with Crippen molar-refractivity contribution in [3.05, 3.63) is 96.8 Å². The Labute approximate surface area is 196 Å². The minimum absolute atomic E-state index is 0.278. The van der Waals surface area contributed by atoms with Crippen LogP contribution in [0.4, 0.5) is 11.6 Å². The van der Waals surface area contributed by atoms with Gasteiger partial charge < -0.3 is 4.42 Å². The van der Waals surface area contributed by atoms with Crippen molar-refractivity contribution in [1.82, 2.24) is 4.68 Å². The molecule has 0 radical (unpaired) electrons. The number of hydrogen-bond acceptors (Lipinski definition) is 6. The first kappa shape index (κ1) is 21.9. The number of benzene rings is 2. The highest BCUT2D eigenvalue weighted by atomic mass is 79.9. The second kappa shape index (κ2) is 9.46. The highest BCUT2D eigenvalue weighted by Crippen LogP contribution is 2.29. The van der Waals surface area contributed by atoms with Crippen molar-refractivity contribution in [3.8, 4) is 11.3 Å². The number of rotatable bonds is 6. The Morgan fingerprint density at radius 1 is 1.12 bits per heavy atom. The standard InChI is InChI=1S/C23H19BrN4O3S/c1-15(2)16-7-9-17(10-8-16)26-23-27(25-13-18-11-12-22(31-18)28(29)30)21(14-32-23)19-5-3-4-6-20(19)24/h3-15H,1-2H3. The third-order valence-corrected chi connectivity index (χ3v) is 6.22. The monoisotopic (exact) mass is 510 g/mol. The first-order chi connectivity index (χ1) is 15.4. The zero-order valence-corrected chi connectivity index (χ0v) is 19.7. The first-order valence-corrected chi connectivity index (χ1v) is 11.5. The molecule has 2 aromatic carbocycles. The summed E-state index contributed by atoms with van der Waals surface area (Å²) in [4.78, 5) is 15.7. The molecule has 2 aromatic heterocycles. The highest BCUT2D eigenvalue weighted by molar-refractivity contribution is 9.10. The predicted molar refractivity (Wildman–Crippen MR) is 130 cm³/mol. The highest BCUT2D eigenvalue weighted by Gasteiger charge is 2.13.